The molecule has 4 rings (SSSR count). The Morgan fingerprint density at radius 1 is 1.23 bits per heavy atom. The van der Waals surface area contributed by atoms with Gasteiger partial charge in [0.15, 0.2) is 5.82 Å². The van der Waals surface area contributed by atoms with Crippen LogP contribution in [0, 0.1) is 0 Å². The van der Waals surface area contributed by atoms with E-state index >= 15 is 0 Å². The average Bonchev–Trinajstić information content (AvgIpc) is 3.03. The lowest BCUT2D eigenvalue weighted by atomic mass is 10.2. The van der Waals surface area contributed by atoms with Crippen molar-refractivity contribution in [3.8, 4) is 11.4 Å². The highest BCUT2D eigenvalue weighted by Gasteiger charge is 2.26. The summed E-state index contributed by atoms with van der Waals surface area (Å²) in [6, 6.07) is 3.82. The van der Waals surface area contributed by atoms with E-state index in [-0.39, 0.29) is 5.91 Å². The van der Waals surface area contributed by atoms with E-state index in [1.807, 2.05) is 17.0 Å². The summed E-state index contributed by atoms with van der Waals surface area (Å²) in [5.74, 6) is 1.56. The number of amides is 1. The van der Waals surface area contributed by atoms with Gasteiger partial charge in [-0.25, -0.2) is 9.97 Å². The van der Waals surface area contributed by atoms with Crippen molar-refractivity contribution in [1.82, 2.24) is 25.6 Å². The highest BCUT2D eigenvalue weighted by Crippen LogP contribution is 2.28. The zero-order valence-corrected chi connectivity index (χ0v) is 12.0. The molecule has 4 heterocycles. The molecule has 0 saturated carbocycles. The lowest BCUT2D eigenvalue weighted by Gasteiger charge is -2.29. The first-order chi connectivity index (χ1) is 10.8. The summed E-state index contributed by atoms with van der Waals surface area (Å²) in [4.78, 5) is 27.2. The summed E-state index contributed by atoms with van der Waals surface area (Å²) in [5.41, 5.74) is 3.00. The zero-order valence-electron chi connectivity index (χ0n) is 12.0. The van der Waals surface area contributed by atoms with Gasteiger partial charge in [-0.15, -0.1) is 0 Å². The number of hydrogen-bond acceptors (Lipinski definition) is 6. The Hall–Kier alpha value is -2.54. The molecule has 2 N–H and O–H groups in total. The molecule has 0 aromatic carbocycles. The third kappa shape index (κ3) is 2.29. The molecule has 1 saturated heterocycles. The Bertz CT molecular complexity index is 717. The quantitative estimate of drug-likeness (QED) is 0.816. The zero-order chi connectivity index (χ0) is 14.9. The first kappa shape index (κ1) is 13.1. The second kappa shape index (κ2) is 5.34. The molecular formula is C15H16N6O. The van der Waals surface area contributed by atoms with Crippen molar-refractivity contribution in [2.45, 2.75) is 13.1 Å². The number of aromatic nitrogens is 3. The van der Waals surface area contributed by atoms with Crippen LogP contribution in [0.5, 0.6) is 0 Å². The van der Waals surface area contributed by atoms with Gasteiger partial charge in [0.1, 0.15) is 5.82 Å². The van der Waals surface area contributed by atoms with Crippen LogP contribution in [0.25, 0.3) is 11.4 Å². The minimum Gasteiger partial charge on any atom is -0.353 e. The van der Waals surface area contributed by atoms with Crippen LogP contribution in [0.4, 0.5) is 5.82 Å². The fourth-order valence-electron chi connectivity index (χ4n) is 2.86. The molecule has 7 heteroatoms. The maximum Gasteiger partial charge on any atom is 0.239 e. The predicted molar refractivity (Wildman–Crippen MR) is 81.0 cm³/mol. The Morgan fingerprint density at radius 2 is 2.18 bits per heavy atom. The molecular weight excluding hydrogens is 280 g/mol. The number of nitrogens with one attached hydrogen (secondary N) is 2. The molecule has 0 unspecified atom stereocenters. The number of pyridine rings is 1. The number of hydrogen-bond donors (Lipinski definition) is 2. The predicted octanol–water partition coefficient (Wildman–Crippen LogP) is 0.0780. The van der Waals surface area contributed by atoms with Crippen molar-refractivity contribution in [2.75, 3.05) is 24.5 Å². The lowest BCUT2D eigenvalue weighted by molar-refractivity contribution is -0.120. The van der Waals surface area contributed by atoms with Gasteiger partial charge < -0.3 is 15.5 Å². The second-order valence-electron chi connectivity index (χ2n) is 5.41. The molecule has 0 bridgehead atoms. The van der Waals surface area contributed by atoms with Gasteiger partial charge >= 0.3 is 0 Å². The fourth-order valence-corrected chi connectivity index (χ4v) is 2.86. The molecule has 22 heavy (non-hydrogen) atoms. The first-order valence-electron chi connectivity index (χ1n) is 7.34. The largest absolute Gasteiger partial charge is 0.353 e. The molecule has 2 aromatic rings. The molecule has 0 radical (unpaired) electrons. The van der Waals surface area contributed by atoms with E-state index in [2.05, 4.69) is 20.6 Å². The van der Waals surface area contributed by atoms with Crippen molar-refractivity contribution in [3.05, 3.63) is 35.8 Å². The summed E-state index contributed by atoms with van der Waals surface area (Å²) in [5, 5.41) is 6.16. The molecule has 0 spiro atoms. The number of rotatable bonds is 2. The summed E-state index contributed by atoms with van der Waals surface area (Å²) in [6.07, 6.45) is 3.49. The Labute approximate surface area is 127 Å². The highest BCUT2D eigenvalue weighted by atomic mass is 16.2. The first-order valence-corrected chi connectivity index (χ1v) is 7.34. The van der Waals surface area contributed by atoms with E-state index in [1.54, 1.807) is 12.4 Å². The molecule has 2 aliphatic rings. The average molecular weight is 296 g/mol. The van der Waals surface area contributed by atoms with Crippen molar-refractivity contribution in [3.63, 3.8) is 0 Å². The van der Waals surface area contributed by atoms with Crippen LogP contribution in [0.15, 0.2) is 24.5 Å². The normalized spacial score (nSPS) is 17.3. The summed E-state index contributed by atoms with van der Waals surface area (Å²) in [7, 11) is 0. The summed E-state index contributed by atoms with van der Waals surface area (Å²) >= 11 is 0. The molecule has 2 aromatic heterocycles. The third-order valence-corrected chi connectivity index (χ3v) is 3.92. The van der Waals surface area contributed by atoms with Gasteiger partial charge in [-0.2, -0.15) is 0 Å². The third-order valence-electron chi connectivity index (χ3n) is 3.92. The fraction of sp³-hybridized carbons (Fsp3) is 0.333. The number of carbonyl (C=O) groups excluding carboxylic acids is 1. The van der Waals surface area contributed by atoms with Gasteiger partial charge in [-0.05, 0) is 12.1 Å². The minimum atomic E-state index is 0.0347. The van der Waals surface area contributed by atoms with Crippen LogP contribution in [0.2, 0.25) is 0 Å². The monoisotopic (exact) mass is 296 g/mol. The maximum atomic E-state index is 11.7. The van der Waals surface area contributed by atoms with Crippen molar-refractivity contribution in [1.29, 1.82) is 0 Å². The van der Waals surface area contributed by atoms with Gasteiger partial charge in [0.2, 0.25) is 5.91 Å². The van der Waals surface area contributed by atoms with Crippen LogP contribution in [0.1, 0.15) is 11.3 Å². The van der Waals surface area contributed by atoms with E-state index in [0.29, 0.717) is 18.9 Å². The molecule has 7 nitrogen and oxygen atoms in total. The van der Waals surface area contributed by atoms with Gasteiger partial charge in [-0.1, -0.05) is 0 Å². The van der Waals surface area contributed by atoms with E-state index in [0.717, 1.165) is 42.3 Å². The molecule has 2 aliphatic heterocycles. The molecule has 0 atom stereocenters. The van der Waals surface area contributed by atoms with Crippen LogP contribution < -0.4 is 15.5 Å². The van der Waals surface area contributed by atoms with E-state index < -0.39 is 0 Å². The summed E-state index contributed by atoms with van der Waals surface area (Å²) < 4.78 is 0. The number of fused-ring (bicyclic) bond motifs is 1. The summed E-state index contributed by atoms with van der Waals surface area (Å²) in [6.45, 7) is 3.24. The van der Waals surface area contributed by atoms with E-state index in [1.165, 1.54) is 0 Å². The van der Waals surface area contributed by atoms with Crippen molar-refractivity contribution < 1.29 is 4.79 Å². The molecule has 1 fully saturated rings. The molecule has 112 valence electrons. The maximum absolute atomic E-state index is 11.7. The van der Waals surface area contributed by atoms with E-state index in [9.17, 15) is 4.79 Å². The molecule has 0 aliphatic carbocycles. The number of anilines is 1. The second-order valence-corrected chi connectivity index (χ2v) is 5.41. The highest BCUT2D eigenvalue weighted by molar-refractivity contribution is 5.82. The van der Waals surface area contributed by atoms with Crippen LogP contribution in [0.3, 0.4) is 0 Å². The number of nitrogens with zero attached hydrogens (tertiary/aromatic N) is 4. The Balaban J connectivity index is 1.80. The van der Waals surface area contributed by atoms with Crippen LogP contribution in [-0.2, 0) is 17.9 Å². The standard InChI is InChI=1S/C15H16N6O/c22-13-9-21(5-4-18-13)15-11-7-17-8-12(11)19-14(20-15)10-2-1-3-16-6-10/h1-3,6,17H,4-5,7-9H2,(H,18,22). The van der Waals surface area contributed by atoms with Crippen molar-refractivity contribution in [2.24, 2.45) is 0 Å². The SMILES string of the molecule is O=C1CN(c2nc(-c3cccnc3)nc3c2CNC3)CCN1. The molecule has 1 amide bonds. The number of piperazine rings is 1. The Kier molecular flexibility index (Phi) is 3.19. The smallest absolute Gasteiger partial charge is 0.239 e. The minimum absolute atomic E-state index is 0.0347. The van der Waals surface area contributed by atoms with Crippen molar-refractivity contribution >= 4 is 11.7 Å². The lowest BCUT2D eigenvalue weighted by Crippen LogP contribution is -2.48. The van der Waals surface area contributed by atoms with E-state index in [4.69, 9.17) is 4.98 Å². The van der Waals surface area contributed by atoms with Gasteiger partial charge in [0, 0.05) is 49.7 Å². The van der Waals surface area contributed by atoms with Gasteiger partial charge in [0.05, 0.1) is 12.2 Å². The Morgan fingerprint density at radius 3 is 3.00 bits per heavy atom. The van der Waals surface area contributed by atoms with Gasteiger partial charge in [-0.3, -0.25) is 9.78 Å². The van der Waals surface area contributed by atoms with Crippen LogP contribution in [-0.4, -0.2) is 40.5 Å². The topological polar surface area (TPSA) is 83.0 Å². The number of carbonyl (C=O) groups is 1. The van der Waals surface area contributed by atoms with Gasteiger partial charge in [0.25, 0.3) is 0 Å². The van der Waals surface area contributed by atoms with Crippen LogP contribution >= 0.6 is 0 Å².